The van der Waals surface area contributed by atoms with Crippen LogP contribution in [0.4, 0.5) is 4.79 Å². The number of hydrogen-bond acceptors (Lipinski definition) is 6. The molecule has 0 radical (unpaired) electrons. The average molecular weight is 407 g/mol. The highest BCUT2D eigenvalue weighted by Crippen LogP contribution is 2.30. The molecule has 1 aromatic carbocycles. The fourth-order valence-electron chi connectivity index (χ4n) is 4.03. The molecule has 0 aromatic heterocycles. The number of nitrogens with zero attached hydrogens (tertiary/aromatic N) is 1. The Morgan fingerprint density at radius 2 is 2.07 bits per heavy atom. The molecular weight excluding hydrogens is 372 g/mol. The van der Waals surface area contributed by atoms with Gasteiger partial charge >= 0.3 is 6.09 Å². The van der Waals surface area contributed by atoms with E-state index in [1.54, 1.807) is 12.0 Å². The Hall–Kier alpha value is -1.83. The minimum absolute atomic E-state index is 0.0212. The third kappa shape index (κ3) is 5.84. The first kappa shape index (κ1) is 21.9. The molecule has 2 heterocycles. The molecule has 0 spiro atoms. The molecule has 1 N–H and O–H groups in total. The highest BCUT2D eigenvalue weighted by atomic mass is 16.7. The van der Waals surface area contributed by atoms with E-state index in [2.05, 4.69) is 11.4 Å². The van der Waals surface area contributed by atoms with Crippen molar-refractivity contribution in [2.45, 2.75) is 64.5 Å². The Kier molecular flexibility index (Phi) is 7.38. The maximum atomic E-state index is 11.9. The maximum absolute atomic E-state index is 11.9. The lowest BCUT2D eigenvalue weighted by Gasteiger charge is -2.32. The maximum Gasteiger partial charge on any atom is 0.409 e. The summed E-state index contributed by atoms with van der Waals surface area (Å²) in [6.07, 6.45) is 2.42. The summed E-state index contributed by atoms with van der Waals surface area (Å²) < 4.78 is 22.4. The minimum Gasteiger partial charge on any atom is -0.496 e. The molecule has 1 unspecified atom stereocenters. The van der Waals surface area contributed by atoms with Crippen LogP contribution in [0.15, 0.2) is 18.2 Å². The first-order chi connectivity index (χ1) is 13.9. The van der Waals surface area contributed by atoms with Gasteiger partial charge in [0.15, 0.2) is 5.79 Å². The van der Waals surface area contributed by atoms with Crippen molar-refractivity contribution in [1.82, 2.24) is 10.2 Å². The van der Waals surface area contributed by atoms with Gasteiger partial charge in [-0.2, -0.15) is 0 Å². The second kappa shape index (κ2) is 9.78. The fraction of sp³-hybridized carbons (Fsp3) is 0.682. The molecule has 1 aromatic rings. The van der Waals surface area contributed by atoms with Gasteiger partial charge in [0.05, 0.1) is 26.4 Å². The number of methoxy groups -OCH3 is 1. The summed E-state index contributed by atoms with van der Waals surface area (Å²) in [6.45, 7) is 8.94. The van der Waals surface area contributed by atoms with Crippen LogP contribution in [0.5, 0.6) is 5.75 Å². The Morgan fingerprint density at radius 1 is 1.31 bits per heavy atom. The van der Waals surface area contributed by atoms with Crippen LogP contribution in [0.3, 0.4) is 0 Å². The minimum atomic E-state index is -0.530. The molecule has 0 saturated carbocycles. The molecule has 2 saturated heterocycles. The van der Waals surface area contributed by atoms with E-state index in [4.69, 9.17) is 18.9 Å². The highest BCUT2D eigenvalue weighted by Gasteiger charge is 2.33. The van der Waals surface area contributed by atoms with E-state index in [0.717, 1.165) is 50.2 Å². The van der Waals surface area contributed by atoms with E-state index in [-0.39, 0.29) is 12.2 Å². The number of benzene rings is 1. The lowest BCUT2D eigenvalue weighted by Crippen LogP contribution is -2.45. The third-order valence-corrected chi connectivity index (χ3v) is 5.55. The Balaban J connectivity index is 1.58. The number of carbonyl (C=O) groups excluding carboxylic acids is 1. The molecular formula is C22H34N2O5. The largest absolute Gasteiger partial charge is 0.496 e. The van der Waals surface area contributed by atoms with Gasteiger partial charge in [0.25, 0.3) is 0 Å². The molecule has 29 heavy (non-hydrogen) atoms. The van der Waals surface area contributed by atoms with Gasteiger partial charge < -0.3 is 29.2 Å². The third-order valence-electron chi connectivity index (χ3n) is 5.55. The highest BCUT2D eigenvalue weighted by molar-refractivity contribution is 5.67. The van der Waals surface area contributed by atoms with E-state index in [1.165, 1.54) is 5.56 Å². The second-order valence-corrected chi connectivity index (χ2v) is 8.09. The van der Waals surface area contributed by atoms with Gasteiger partial charge in [-0.3, -0.25) is 0 Å². The van der Waals surface area contributed by atoms with E-state index in [0.29, 0.717) is 19.3 Å². The van der Waals surface area contributed by atoms with Crippen LogP contribution < -0.4 is 10.1 Å². The zero-order chi connectivity index (χ0) is 20.9. The molecule has 2 aliphatic heterocycles. The van der Waals surface area contributed by atoms with Crippen LogP contribution in [0.1, 0.15) is 44.7 Å². The second-order valence-electron chi connectivity index (χ2n) is 8.09. The van der Waals surface area contributed by atoms with Gasteiger partial charge in [-0.1, -0.05) is 12.1 Å². The number of rotatable bonds is 7. The molecule has 2 aliphatic rings. The molecule has 1 atom stereocenters. The number of likely N-dealkylation sites (tertiary alicyclic amines) is 1. The van der Waals surface area contributed by atoms with Crippen LogP contribution >= 0.6 is 0 Å². The molecule has 2 fully saturated rings. The molecule has 162 valence electrons. The predicted octanol–water partition coefficient (Wildman–Crippen LogP) is 3.10. The van der Waals surface area contributed by atoms with Crippen LogP contribution in [0, 0.1) is 0 Å². The van der Waals surface area contributed by atoms with Crippen LogP contribution in [0.2, 0.25) is 0 Å². The van der Waals surface area contributed by atoms with Gasteiger partial charge in [-0.25, -0.2) is 4.79 Å². The normalized spacial score (nSPS) is 21.9. The molecule has 1 amide bonds. The van der Waals surface area contributed by atoms with Gasteiger partial charge in [-0.15, -0.1) is 0 Å². The van der Waals surface area contributed by atoms with E-state index in [9.17, 15) is 4.79 Å². The van der Waals surface area contributed by atoms with Crippen LogP contribution in [-0.2, 0) is 27.2 Å². The molecule has 0 aliphatic carbocycles. The lowest BCUT2D eigenvalue weighted by atomic mass is 9.99. The monoisotopic (exact) mass is 406 g/mol. The first-order valence-electron chi connectivity index (χ1n) is 10.5. The Morgan fingerprint density at radius 3 is 2.69 bits per heavy atom. The van der Waals surface area contributed by atoms with Gasteiger partial charge in [0, 0.05) is 37.7 Å². The van der Waals surface area contributed by atoms with Crippen molar-refractivity contribution >= 4 is 6.09 Å². The number of amides is 1. The zero-order valence-electron chi connectivity index (χ0n) is 18.0. The molecule has 3 rings (SSSR count). The topological polar surface area (TPSA) is 69.3 Å². The molecule has 7 nitrogen and oxygen atoms in total. The van der Waals surface area contributed by atoms with Crippen molar-refractivity contribution < 1.29 is 23.7 Å². The standard InChI is InChI=1S/C22H34N2O5/c1-5-27-21(25)24-11-9-17(10-12-24)23-14-16-7-6-8-20(26-4)19(16)13-18-15-28-22(2,3)29-18/h6-8,17-18,23H,5,9-15H2,1-4H3. The van der Waals surface area contributed by atoms with Gasteiger partial charge in [-0.05, 0) is 45.2 Å². The number of piperidine rings is 1. The summed E-state index contributed by atoms with van der Waals surface area (Å²) in [5.74, 6) is 0.354. The van der Waals surface area contributed by atoms with Crippen LogP contribution in [-0.4, -0.2) is 62.3 Å². The SMILES string of the molecule is CCOC(=O)N1CCC(NCc2cccc(OC)c2CC2COC(C)(C)O2)CC1. The summed E-state index contributed by atoms with van der Waals surface area (Å²) in [5, 5.41) is 3.66. The van der Waals surface area contributed by atoms with Crippen molar-refractivity contribution in [3.8, 4) is 5.75 Å². The quantitative estimate of drug-likeness (QED) is 0.750. The van der Waals surface area contributed by atoms with Crippen molar-refractivity contribution in [2.24, 2.45) is 0 Å². The summed E-state index contributed by atoms with van der Waals surface area (Å²) in [7, 11) is 1.71. The lowest BCUT2D eigenvalue weighted by molar-refractivity contribution is -0.138. The first-order valence-corrected chi connectivity index (χ1v) is 10.5. The number of carbonyl (C=O) groups is 1. The van der Waals surface area contributed by atoms with Crippen molar-refractivity contribution in [3.63, 3.8) is 0 Å². The Bertz CT molecular complexity index is 686. The Labute approximate surface area is 173 Å². The van der Waals surface area contributed by atoms with Crippen molar-refractivity contribution in [2.75, 3.05) is 33.4 Å². The van der Waals surface area contributed by atoms with E-state index < -0.39 is 5.79 Å². The van der Waals surface area contributed by atoms with Gasteiger partial charge in [0.1, 0.15) is 5.75 Å². The summed E-state index contributed by atoms with van der Waals surface area (Å²) in [6, 6.07) is 6.54. The van der Waals surface area contributed by atoms with Crippen LogP contribution in [0.25, 0.3) is 0 Å². The predicted molar refractivity (Wildman–Crippen MR) is 110 cm³/mol. The molecule has 0 bridgehead atoms. The van der Waals surface area contributed by atoms with E-state index >= 15 is 0 Å². The van der Waals surface area contributed by atoms with Crippen molar-refractivity contribution in [1.29, 1.82) is 0 Å². The summed E-state index contributed by atoms with van der Waals surface area (Å²) in [5.41, 5.74) is 2.38. The number of ether oxygens (including phenoxy) is 4. The summed E-state index contributed by atoms with van der Waals surface area (Å²) >= 11 is 0. The smallest absolute Gasteiger partial charge is 0.409 e. The van der Waals surface area contributed by atoms with Gasteiger partial charge in [0.2, 0.25) is 0 Å². The average Bonchev–Trinajstić information content (AvgIpc) is 3.06. The number of nitrogens with one attached hydrogen (secondary N) is 1. The summed E-state index contributed by atoms with van der Waals surface area (Å²) in [4.78, 5) is 13.6. The van der Waals surface area contributed by atoms with Crippen molar-refractivity contribution in [3.05, 3.63) is 29.3 Å². The fourth-order valence-corrected chi connectivity index (χ4v) is 4.03. The number of hydrogen-bond donors (Lipinski definition) is 1. The molecule has 7 heteroatoms. The van der Waals surface area contributed by atoms with E-state index in [1.807, 2.05) is 32.9 Å². The zero-order valence-corrected chi connectivity index (χ0v) is 18.0.